The van der Waals surface area contributed by atoms with Gasteiger partial charge in [0.2, 0.25) is 5.88 Å². The Bertz CT molecular complexity index is 1100. The second-order valence-corrected chi connectivity index (χ2v) is 6.44. The average Bonchev–Trinajstić information content (AvgIpc) is 2.77. The maximum Gasteiger partial charge on any atom is 0.422 e. The molecule has 1 amide bonds. The molecule has 3 rings (SSSR count). The number of rotatable bonds is 8. The normalized spacial score (nSPS) is 11.0. The molecule has 11 heteroatoms. The number of nitrogens with zero attached hydrogens (tertiary/aromatic N) is 2. The molecule has 0 unspecified atom stereocenters. The lowest BCUT2D eigenvalue weighted by atomic mass is 10.2. The van der Waals surface area contributed by atoms with E-state index in [4.69, 9.17) is 4.74 Å². The molecule has 0 atom stereocenters. The zero-order valence-electron chi connectivity index (χ0n) is 16.3. The third kappa shape index (κ3) is 6.42. The maximum atomic E-state index is 12.6. The lowest BCUT2D eigenvalue weighted by molar-refractivity contribution is -0.384. The van der Waals surface area contributed by atoms with Crippen LogP contribution in [0.25, 0.3) is 0 Å². The SMILES string of the molecule is O=C(NCc1ccc(OCC(F)(F)F)cc1)c1cccnc1Oc1cccc([N+](=O)[O-])c1. The predicted molar refractivity (Wildman–Crippen MR) is 107 cm³/mol. The number of hydrogen-bond acceptors (Lipinski definition) is 6. The number of halogens is 3. The zero-order valence-corrected chi connectivity index (χ0v) is 16.3. The number of hydrogen-bond donors (Lipinski definition) is 1. The van der Waals surface area contributed by atoms with Crippen molar-refractivity contribution in [2.75, 3.05) is 6.61 Å². The molecule has 0 bridgehead atoms. The smallest absolute Gasteiger partial charge is 0.422 e. The molecule has 0 aliphatic heterocycles. The summed E-state index contributed by atoms with van der Waals surface area (Å²) in [5.41, 5.74) is 0.555. The largest absolute Gasteiger partial charge is 0.484 e. The molecule has 0 aliphatic carbocycles. The van der Waals surface area contributed by atoms with Crippen LogP contribution < -0.4 is 14.8 Å². The Morgan fingerprint density at radius 2 is 1.81 bits per heavy atom. The molecule has 32 heavy (non-hydrogen) atoms. The number of amides is 1. The van der Waals surface area contributed by atoms with Gasteiger partial charge >= 0.3 is 6.18 Å². The highest BCUT2D eigenvalue weighted by Gasteiger charge is 2.28. The van der Waals surface area contributed by atoms with Crippen molar-refractivity contribution in [3.05, 3.63) is 88.1 Å². The van der Waals surface area contributed by atoms with E-state index in [0.717, 1.165) is 0 Å². The third-order valence-electron chi connectivity index (χ3n) is 4.04. The Balaban J connectivity index is 1.64. The van der Waals surface area contributed by atoms with Gasteiger partial charge < -0.3 is 14.8 Å². The van der Waals surface area contributed by atoms with Crippen LogP contribution >= 0.6 is 0 Å². The van der Waals surface area contributed by atoms with Crippen molar-refractivity contribution in [3.8, 4) is 17.4 Å². The van der Waals surface area contributed by atoms with Gasteiger partial charge in [-0.2, -0.15) is 13.2 Å². The van der Waals surface area contributed by atoms with E-state index in [-0.39, 0.29) is 35.2 Å². The molecule has 1 heterocycles. The van der Waals surface area contributed by atoms with Crippen LogP contribution in [0, 0.1) is 10.1 Å². The highest BCUT2D eigenvalue weighted by atomic mass is 19.4. The summed E-state index contributed by atoms with van der Waals surface area (Å²) in [4.78, 5) is 27.0. The van der Waals surface area contributed by atoms with Crippen molar-refractivity contribution in [2.24, 2.45) is 0 Å². The van der Waals surface area contributed by atoms with E-state index in [2.05, 4.69) is 15.0 Å². The molecule has 0 fully saturated rings. The number of alkyl halides is 3. The van der Waals surface area contributed by atoms with Crippen LogP contribution in [0.5, 0.6) is 17.4 Å². The van der Waals surface area contributed by atoms with Gasteiger partial charge in [0, 0.05) is 18.8 Å². The predicted octanol–water partition coefficient (Wildman–Crippen LogP) is 4.65. The third-order valence-corrected chi connectivity index (χ3v) is 4.04. The van der Waals surface area contributed by atoms with Crippen LogP contribution in [0.1, 0.15) is 15.9 Å². The summed E-state index contributed by atoms with van der Waals surface area (Å²) in [5.74, 6) is -0.365. The van der Waals surface area contributed by atoms with Crippen molar-refractivity contribution in [2.45, 2.75) is 12.7 Å². The Kier molecular flexibility index (Phi) is 6.88. The second-order valence-electron chi connectivity index (χ2n) is 6.44. The second kappa shape index (κ2) is 9.77. The summed E-state index contributed by atoms with van der Waals surface area (Å²) in [7, 11) is 0. The number of carbonyl (C=O) groups excluding carboxylic acids is 1. The number of benzene rings is 2. The molecule has 1 N–H and O–H groups in total. The van der Waals surface area contributed by atoms with E-state index in [9.17, 15) is 28.1 Å². The summed E-state index contributed by atoms with van der Waals surface area (Å²) in [6.07, 6.45) is -3.02. The molecule has 0 aliphatic rings. The molecule has 0 spiro atoms. The van der Waals surface area contributed by atoms with Crippen LogP contribution in [0.2, 0.25) is 0 Å². The fourth-order valence-corrected chi connectivity index (χ4v) is 2.56. The minimum Gasteiger partial charge on any atom is -0.484 e. The molecule has 2 aromatic carbocycles. The van der Waals surface area contributed by atoms with Crippen molar-refractivity contribution in [1.29, 1.82) is 0 Å². The van der Waals surface area contributed by atoms with Gasteiger partial charge in [-0.3, -0.25) is 14.9 Å². The van der Waals surface area contributed by atoms with Gasteiger partial charge in [-0.25, -0.2) is 4.98 Å². The number of non-ortho nitro benzene ring substituents is 1. The van der Waals surface area contributed by atoms with Crippen molar-refractivity contribution < 1.29 is 32.4 Å². The molecule has 1 aromatic heterocycles. The van der Waals surface area contributed by atoms with Gasteiger partial charge in [0.25, 0.3) is 11.6 Å². The summed E-state index contributed by atoms with van der Waals surface area (Å²) in [6, 6.07) is 14.2. The van der Waals surface area contributed by atoms with Crippen molar-refractivity contribution in [1.82, 2.24) is 10.3 Å². The number of aromatic nitrogens is 1. The van der Waals surface area contributed by atoms with Crippen LogP contribution in [0.4, 0.5) is 18.9 Å². The fourth-order valence-electron chi connectivity index (χ4n) is 2.56. The number of pyridine rings is 1. The van der Waals surface area contributed by atoms with E-state index in [1.54, 1.807) is 0 Å². The van der Waals surface area contributed by atoms with Gasteiger partial charge in [-0.05, 0) is 35.9 Å². The number of carbonyl (C=O) groups is 1. The summed E-state index contributed by atoms with van der Waals surface area (Å²) >= 11 is 0. The Morgan fingerprint density at radius 1 is 1.06 bits per heavy atom. The van der Waals surface area contributed by atoms with Crippen LogP contribution in [0.3, 0.4) is 0 Å². The molecule has 0 radical (unpaired) electrons. The lowest BCUT2D eigenvalue weighted by Gasteiger charge is -2.11. The molecular weight excluding hydrogens is 431 g/mol. The Labute approximate surface area is 179 Å². The van der Waals surface area contributed by atoms with Crippen molar-refractivity contribution >= 4 is 11.6 Å². The van der Waals surface area contributed by atoms with E-state index >= 15 is 0 Å². The highest BCUT2D eigenvalue weighted by molar-refractivity contribution is 5.96. The quantitative estimate of drug-likeness (QED) is 0.398. The van der Waals surface area contributed by atoms with E-state index in [0.29, 0.717) is 5.56 Å². The van der Waals surface area contributed by atoms with Crippen LogP contribution in [0.15, 0.2) is 66.9 Å². The molecule has 8 nitrogen and oxygen atoms in total. The molecule has 0 saturated heterocycles. The maximum absolute atomic E-state index is 12.6. The first-order valence-corrected chi connectivity index (χ1v) is 9.15. The lowest BCUT2D eigenvalue weighted by Crippen LogP contribution is -2.23. The fraction of sp³-hybridized carbons (Fsp3) is 0.143. The minimum absolute atomic E-state index is 0.0404. The molecule has 3 aromatic rings. The van der Waals surface area contributed by atoms with Gasteiger partial charge in [0.15, 0.2) is 6.61 Å². The number of nitro benzene ring substituents is 1. The standard InChI is InChI=1S/C21H16F3N3O5/c22-21(23,24)13-31-16-8-6-14(7-9-16)12-26-19(28)18-5-2-10-25-20(18)32-17-4-1-3-15(11-17)27(29)30/h1-11H,12-13H2,(H,26,28). The topological polar surface area (TPSA) is 104 Å². The van der Waals surface area contributed by atoms with Crippen LogP contribution in [-0.2, 0) is 6.54 Å². The summed E-state index contributed by atoms with van der Waals surface area (Å²) < 4.78 is 46.8. The minimum atomic E-state index is -4.43. The first-order chi connectivity index (χ1) is 15.2. The van der Waals surface area contributed by atoms with E-state index in [1.165, 1.54) is 66.9 Å². The van der Waals surface area contributed by atoms with Crippen LogP contribution in [-0.4, -0.2) is 28.6 Å². The number of nitro groups is 1. The van der Waals surface area contributed by atoms with Gasteiger partial charge in [0.1, 0.15) is 17.1 Å². The Hall–Kier alpha value is -4.15. The monoisotopic (exact) mass is 447 g/mol. The first-order valence-electron chi connectivity index (χ1n) is 9.15. The number of nitrogens with one attached hydrogen (secondary N) is 1. The molecule has 0 saturated carbocycles. The first kappa shape index (κ1) is 22.5. The highest BCUT2D eigenvalue weighted by Crippen LogP contribution is 2.26. The van der Waals surface area contributed by atoms with E-state index in [1.807, 2.05) is 0 Å². The van der Waals surface area contributed by atoms with E-state index < -0.39 is 23.6 Å². The van der Waals surface area contributed by atoms with Gasteiger partial charge in [-0.15, -0.1) is 0 Å². The van der Waals surface area contributed by atoms with Gasteiger partial charge in [0.05, 0.1) is 11.0 Å². The Morgan fingerprint density at radius 3 is 2.50 bits per heavy atom. The van der Waals surface area contributed by atoms with Gasteiger partial charge in [-0.1, -0.05) is 18.2 Å². The summed E-state index contributed by atoms with van der Waals surface area (Å²) in [5, 5.41) is 13.6. The van der Waals surface area contributed by atoms with Crippen molar-refractivity contribution in [3.63, 3.8) is 0 Å². The average molecular weight is 447 g/mol. The number of ether oxygens (including phenoxy) is 2. The molecule has 166 valence electrons. The summed E-state index contributed by atoms with van der Waals surface area (Å²) in [6.45, 7) is -1.30. The zero-order chi connectivity index (χ0) is 23.1. The molecular formula is C21H16F3N3O5.